The first-order valence-electron chi connectivity index (χ1n) is 8.45. The second-order valence-electron chi connectivity index (χ2n) is 6.34. The smallest absolute Gasteiger partial charge is 0.227 e. The van der Waals surface area contributed by atoms with Crippen LogP contribution in [-0.4, -0.2) is 16.9 Å². The molecule has 0 bridgehead atoms. The number of rotatable bonds is 5. The molecule has 0 fully saturated rings. The van der Waals surface area contributed by atoms with Crippen molar-refractivity contribution in [2.75, 3.05) is 7.05 Å². The van der Waals surface area contributed by atoms with Crippen LogP contribution in [0.25, 0.3) is 22.6 Å². The first-order chi connectivity index (χ1) is 12.3. The minimum Gasteiger partial charge on any atom is -0.436 e. The van der Waals surface area contributed by atoms with Gasteiger partial charge in [-0.05, 0) is 42.4 Å². The van der Waals surface area contributed by atoms with Crippen molar-refractivity contribution in [3.05, 3.63) is 90.0 Å². The first-order valence-corrected chi connectivity index (χ1v) is 8.45. The van der Waals surface area contributed by atoms with E-state index in [0.717, 1.165) is 29.8 Å². The van der Waals surface area contributed by atoms with Crippen LogP contribution in [0.2, 0.25) is 0 Å². The van der Waals surface area contributed by atoms with Gasteiger partial charge in [-0.15, -0.1) is 0 Å². The average molecular weight is 328 g/mol. The van der Waals surface area contributed by atoms with Crippen molar-refractivity contribution < 1.29 is 4.42 Å². The maximum absolute atomic E-state index is 5.83. The van der Waals surface area contributed by atoms with Gasteiger partial charge >= 0.3 is 0 Å². The Hall–Kier alpha value is -2.91. The van der Waals surface area contributed by atoms with Crippen LogP contribution >= 0.6 is 0 Å². The summed E-state index contributed by atoms with van der Waals surface area (Å²) in [6.07, 6.45) is 0. The van der Waals surface area contributed by atoms with Gasteiger partial charge in [-0.25, -0.2) is 4.98 Å². The summed E-state index contributed by atoms with van der Waals surface area (Å²) >= 11 is 0. The van der Waals surface area contributed by atoms with Crippen molar-refractivity contribution >= 4 is 11.1 Å². The van der Waals surface area contributed by atoms with Crippen molar-refractivity contribution in [2.24, 2.45) is 0 Å². The fourth-order valence-corrected chi connectivity index (χ4v) is 3.01. The minimum atomic E-state index is 0.672. The largest absolute Gasteiger partial charge is 0.436 e. The number of fused-ring (bicyclic) bond motifs is 1. The van der Waals surface area contributed by atoms with E-state index in [1.807, 2.05) is 30.3 Å². The van der Waals surface area contributed by atoms with E-state index in [2.05, 4.69) is 65.5 Å². The van der Waals surface area contributed by atoms with Gasteiger partial charge in [0.1, 0.15) is 5.52 Å². The van der Waals surface area contributed by atoms with Crippen LogP contribution in [0, 0.1) is 0 Å². The van der Waals surface area contributed by atoms with Crippen LogP contribution in [0.3, 0.4) is 0 Å². The highest BCUT2D eigenvalue weighted by Crippen LogP contribution is 2.24. The van der Waals surface area contributed by atoms with Crippen LogP contribution in [-0.2, 0) is 13.1 Å². The Bertz CT molecular complexity index is 925. The molecule has 0 aliphatic rings. The van der Waals surface area contributed by atoms with Gasteiger partial charge in [0.15, 0.2) is 5.58 Å². The van der Waals surface area contributed by atoms with Crippen LogP contribution < -0.4 is 0 Å². The lowest BCUT2D eigenvalue weighted by molar-refractivity contribution is 0.319. The van der Waals surface area contributed by atoms with Gasteiger partial charge in [0, 0.05) is 18.7 Å². The highest BCUT2D eigenvalue weighted by Gasteiger charge is 2.08. The number of para-hydroxylation sites is 2. The molecule has 0 amide bonds. The summed E-state index contributed by atoms with van der Waals surface area (Å²) in [7, 11) is 2.14. The van der Waals surface area contributed by atoms with Gasteiger partial charge in [-0.1, -0.05) is 54.6 Å². The van der Waals surface area contributed by atoms with Gasteiger partial charge in [0.05, 0.1) is 0 Å². The number of benzene rings is 3. The van der Waals surface area contributed by atoms with E-state index in [9.17, 15) is 0 Å². The summed E-state index contributed by atoms with van der Waals surface area (Å²) in [5, 5.41) is 0. The SMILES string of the molecule is CN(Cc1ccccc1)Cc1ccc(-c2nc3ccccc3o2)cc1. The molecule has 25 heavy (non-hydrogen) atoms. The summed E-state index contributed by atoms with van der Waals surface area (Å²) in [5.41, 5.74) is 5.32. The molecular formula is C22H20N2O. The third-order valence-electron chi connectivity index (χ3n) is 4.24. The number of hydrogen-bond acceptors (Lipinski definition) is 3. The van der Waals surface area contributed by atoms with E-state index in [1.54, 1.807) is 0 Å². The third-order valence-corrected chi connectivity index (χ3v) is 4.24. The van der Waals surface area contributed by atoms with E-state index in [4.69, 9.17) is 4.42 Å². The summed E-state index contributed by atoms with van der Waals surface area (Å²) in [5.74, 6) is 0.672. The Balaban J connectivity index is 1.46. The van der Waals surface area contributed by atoms with E-state index in [1.165, 1.54) is 11.1 Å². The van der Waals surface area contributed by atoms with Crippen LogP contribution in [0.1, 0.15) is 11.1 Å². The number of oxazole rings is 1. The molecule has 1 heterocycles. The zero-order valence-corrected chi connectivity index (χ0v) is 14.2. The zero-order valence-electron chi connectivity index (χ0n) is 14.2. The molecule has 0 spiro atoms. The standard InChI is InChI=1S/C22H20N2O/c1-24(15-17-7-3-2-4-8-17)16-18-11-13-19(14-12-18)22-23-20-9-5-6-10-21(20)25-22/h2-14H,15-16H2,1H3. The highest BCUT2D eigenvalue weighted by molar-refractivity contribution is 5.75. The lowest BCUT2D eigenvalue weighted by Crippen LogP contribution is -2.17. The van der Waals surface area contributed by atoms with Crippen molar-refractivity contribution in [1.82, 2.24) is 9.88 Å². The highest BCUT2D eigenvalue weighted by atomic mass is 16.3. The predicted molar refractivity (Wildman–Crippen MR) is 101 cm³/mol. The van der Waals surface area contributed by atoms with Gasteiger partial charge < -0.3 is 4.42 Å². The second-order valence-corrected chi connectivity index (χ2v) is 6.34. The summed E-state index contributed by atoms with van der Waals surface area (Å²) in [6.45, 7) is 1.84. The summed E-state index contributed by atoms with van der Waals surface area (Å²) in [6, 6.07) is 26.8. The van der Waals surface area contributed by atoms with Crippen molar-refractivity contribution in [1.29, 1.82) is 0 Å². The molecule has 0 radical (unpaired) electrons. The molecule has 3 nitrogen and oxygen atoms in total. The van der Waals surface area contributed by atoms with Crippen molar-refractivity contribution in [3.8, 4) is 11.5 Å². The Labute approximate surface area is 147 Å². The van der Waals surface area contributed by atoms with Crippen molar-refractivity contribution in [3.63, 3.8) is 0 Å². The van der Waals surface area contributed by atoms with E-state index in [-0.39, 0.29) is 0 Å². The average Bonchev–Trinajstić information content (AvgIpc) is 3.07. The molecule has 0 N–H and O–H groups in total. The summed E-state index contributed by atoms with van der Waals surface area (Å²) < 4.78 is 5.83. The van der Waals surface area contributed by atoms with Gasteiger partial charge in [-0.3, -0.25) is 4.90 Å². The molecule has 0 unspecified atom stereocenters. The third kappa shape index (κ3) is 3.62. The summed E-state index contributed by atoms with van der Waals surface area (Å²) in [4.78, 5) is 6.86. The number of nitrogens with zero attached hydrogens (tertiary/aromatic N) is 2. The molecule has 4 rings (SSSR count). The first kappa shape index (κ1) is 15.6. The number of hydrogen-bond donors (Lipinski definition) is 0. The Morgan fingerprint density at radius 2 is 1.40 bits per heavy atom. The molecule has 0 saturated heterocycles. The lowest BCUT2D eigenvalue weighted by Gasteiger charge is -2.16. The fraction of sp³-hybridized carbons (Fsp3) is 0.136. The van der Waals surface area contributed by atoms with E-state index < -0.39 is 0 Å². The van der Waals surface area contributed by atoms with Crippen LogP contribution in [0.15, 0.2) is 83.3 Å². The van der Waals surface area contributed by atoms with Gasteiger partial charge in [-0.2, -0.15) is 0 Å². The quantitative estimate of drug-likeness (QED) is 0.509. The Kier molecular flexibility index (Phi) is 4.32. The normalized spacial score (nSPS) is 11.3. The van der Waals surface area contributed by atoms with Gasteiger partial charge in [0.25, 0.3) is 0 Å². The molecule has 4 aromatic rings. The maximum atomic E-state index is 5.83. The zero-order chi connectivity index (χ0) is 17.1. The molecule has 3 aromatic carbocycles. The van der Waals surface area contributed by atoms with E-state index in [0.29, 0.717) is 5.89 Å². The molecule has 0 aliphatic heterocycles. The molecule has 1 aromatic heterocycles. The Morgan fingerprint density at radius 1 is 0.760 bits per heavy atom. The molecule has 3 heteroatoms. The second kappa shape index (κ2) is 6.91. The monoisotopic (exact) mass is 328 g/mol. The van der Waals surface area contributed by atoms with Crippen LogP contribution in [0.5, 0.6) is 0 Å². The molecular weight excluding hydrogens is 308 g/mol. The number of aromatic nitrogens is 1. The van der Waals surface area contributed by atoms with Gasteiger partial charge in [0.2, 0.25) is 5.89 Å². The molecule has 0 aliphatic carbocycles. The van der Waals surface area contributed by atoms with Crippen molar-refractivity contribution in [2.45, 2.75) is 13.1 Å². The molecule has 0 saturated carbocycles. The Morgan fingerprint density at radius 3 is 2.12 bits per heavy atom. The predicted octanol–water partition coefficient (Wildman–Crippen LogP) is 5.13. The fourth-order valence-electron chi connectivity index (χ4n) is 3.01. The minimum absolute atomic E-state index is 0.672. The molecule has 0 atom stereocenters. The lowest BCUT2D eigenvalue weighted by atomic mass is 10.1. The topological polar surface area (TPSA) is 29.3 Å². The maximum Gasteiger partial charge on any atom is 0.227 e. The van der Waals surface area contributed by atoms with E-state index >= 15 is 0 Å². The molecule has 124 valence electrons. The van der Waals surface area contributed by atoms with Crippen LogP contribution in [0.4, 0.5) is 0 Å².